The molecule has 0 aliphatic carbocycles. The maximum atomic E-state index is 4.95. The fourth-order valence-electron chi connectivity index (χ4n) is 3.88. The first-order valence-electron chi connectivity index (χ1n) is 10.6. The fraction of sp³-hybridized carbons (Fsp3) is 0.222. The van der Waals surface area contributed by atoms with E-state index in [1.165, 1.54) is 32.7 Å². The van der Waals surface area contributed by atoms with E-state index >= 15 is 0 Å². The van der Waals surface area contributed by atoms with Crippen LogP contribution in [0.2, 0.25) is 0 Å². The summed E-state index contributed by atoms with van der Waals surface area (Å²) in [4.78, 5) is 6.20. The molecule has 4 rings (SSSR count). The minimum absolute atomic E-state index is 0.756. The number of imidazole rings is 1. The maximum absolute atomic E-state index is 4.95. The average Bonchev–Trinajstić information content (AvgIpc) is 3.10. The second-order valence-corrected chi connectivity index (χ2v) is 8.88. The highest BCUT2D eigenvalue weighted by Crippen LogP contribution is 2.29. The molecule has 4 heteroatoms. The number of hydrogen-bond donors (Lipinski definition) is 1. The first kappa shape index (κ1) is 21.3. The van der Waals surface area contributed by atoms with Crippen molar-refractivity contribution >= 4 is 40.0 Å². The Balaban J connectivity index is 1.77. The van der Waals surface area contributed by atoms with Crippen LogP contribution in [-0.2, 0) is 6.54 Å². The largest absolute Gasteiger partial charge is 0.326 e. The minimum atomic E-state index is 0.756. The molecule has 0 bridgehead atoms. The zero-order chi connectivity index (χ0) is 22.0. The van der Waals surface area contributed by atoms with E-state index in [9.17, 15) is 0 Å². The normalized spacial score (nSPS) is 11.8. The first-order chi connectivity index (χ1) is 15.0. The van der Waals surface area contributed by atoms with Gasteiger partial charge < -0.3 is 9.88 Å². The van der Waals surface area contributed by atoms with Crippen molar-refractivity contribution in [3.05, 3.63) is 89.0 Å². The van der Waals surface area contributed by atoms with Crippen molar-refractivity contribution in [1.82, 2.24) is 9.55 Å². The second kappa shape index (κ2) is 9.03. The molecule has 0 radical (unpaired) electrons. The van der Waals surface area contributed by atoms with Gasteiger partial charge in [0.05, 0.1) is 17.6 Å². The van der Waals surface area contributed by atoms with Crippen molar-refractivity contribution in [3.63, 3.8) is 0 Å². The van der Waals surface area contributed by atoms with Crippen LogP contribution < -0.4 is 5.32 Å². The highest BCUT2D eigenvalue weighted by Gasteiger charge is 2.14. The highest BCUT2D eigenvalue weighted by atomic mass is 32.2. The van der Waals surface area contributed by atoms with Crippen molar-refractivity contribution in [2.24, 2.45) is 0 Å². The van der Waals surface area contributed by atoms with E-state index in [1.54, 1.807) is 11.8 Å². The molecule has 0 fully saturated rings. The number of hydrogen-bond acceptors (Lipinski definition) is 3. The Hall–Kier alpha value is -2.98. The Morgan fingerprint density at radius 1 is 0.968 bits per heavy atom. The van der Waals surface area contributed by atoms with E-state index < -0.39 is 0 Å². The number of allylic oxidation sites excluding steroid dienone is 2. The van der Waals surface area contributed by atoms with E-state index in [1.807, 2.05) is 0 Å². The number of aryl methyl sites for hydroxylation is 3. The molecule has 0 atom stereocenters. The summed E-state index contributed by atoms with van der Waals surface area (Å²) in [6.45, 7) is 9.32. The standard InChI is InChI=1S/C27H29N3S/c1-6-21(24-15-18(2)7-9-20(24)4)17-30-26-14-8-19(3)16-25(26)29-27(30)28-22-10-12-23(31-5)13-11-22/h6-16H,17H2,1-5H3,(H,28,29)/b21-6-. The van der Waals surface area contributed by atoms with Crippen LogP contribution in [-0.4, -0.2) is 15.8 Å². The van der Waals surface area contributed by atoms with Gasteiger partial charge in [-0.25, -0.2) is 4.98 Å². The zero-order valence-electron chi connectivity index (χ0n) is 18.9. The third-order valence-corrected chi connectivity index (χ3v) is 6.41. The molecule has 31 heavy (non-hydrogen) atoms. The van der Waals surface area contributed by atoms with Gasteiger partial charge in [0, 0.05) is 10.6 Å². The maximum Gasteiger partial charge on any atom is 0.208 e. The molecule has 1 N–H and O–H groups in total. The number of nitrogens with one attached hydrogen (secondary N) is 1. The lowest BCUT2D eigenvalue weighted by molar-refractivity contribution is 0.872. The van der Waals surface area contributed by atoms with Crippen LogP contribution in [0.15, 0.2) is 71.6 Å². The molecule has 158 valence electrons. The van der Waals surface area contributed by atoms with Crippen LogP contribution in [0.3, 0.4) is 0 Å². The molecule has 0 spiro atoms. The molecule has 0 amide bonds. The highest BCUT2D eigenvalue weighted by molar-refractivity contribution is 7.98. The molecule has 1 aromatic heterocycles. The van der Waals surface area contributed by atoms with Crippen LogP contribution in [0.25, 0.3) is 16.6 Å². The molecule has 0 unspecified atom stereocenters. The number of fused-ring (bicyclic) bond motifs is 1. The Morgan fingerprint density at radius 2 is 1.68 bits per heavy atom. The Labute approximate surface area is 189 Å². The van der Waals surface area contributed by atoms with Gasteiger partial charge in [-0.3, -0.25) is 0 Å². The minimum Gasteiger partial charge on any atom is -0.326 e. The third-order valence-electron chi connectivity index (χ3n) is 5.67. The van der Waals surface area contributed by atoms with Gasteiger partial charge in [0.1, 0.15) is 0 Å². The SMILES string of the molecule is C/C=C(/Cn1c(Nc2ccc(SC)cc2)nc2cc(C)ccc21)c1cc(C)ccc1C. The fourth-order valence-corrected chi connectivity index (χ4v) is 4.29. The predicted octanol–water partition coefficient (Wildman–Crippen LogP) is 7.53. The van der Waals surface area contributed by atoms with Crippen LogP contribution >= 0.6 is 11.8 Å². The Kier molecular flexibility index (Phi) is 6.19. The lowest BCUT2D eigenvalue weighted by Crippen LogP contribution is -2.06. The summed E-state index contributed by atoms with van der Waals surface area (Å²) in [7, 11) is 0. The molecular weight excluding hydrogens is 398 g/mol. The van der Waals surface area contributed by atoms with E-state index in [4.69, 9.17) is 4.98 Å². The summed E-state index contributed by atoms with van der Waals surface area (Å²) < 4.78 is 2.29. The smallest absolute Gasteiger partial charge is 0.208 e. The van der Waals surface area contributed by atoms with Gasteiger partial charge in [0.25, 0.3) is 0 Å². The number of anilines is 2. The van der Waals surface area contributed by atoms with Crippen molar-refractivity contribution in [1.29, 1.82) is 0 Å². The second-order valence-electron chi connectivity index (χ2n) is 8.00. The Morgan fingerprint density at radius 3 is 2.39 bits per heavy atom. The van der Waals surface area contributed by atoms with Crippen molar-refractivity contribution in [2.75, 3.05) is 11.6 Å². The predicted molar refractivity (Wildman–Crippen MR) is 136 cm³/mol. The van der Waals surface area contributed by atoms with Crippen molar-refractivity contribution in [3.8, 4) is 0 Å². The molecule has 0 saturated heterocycles. The van der Waals surface area contributed by atoms with Crippen molar-refractivity contribution < 1.29 is 0 Å². The quantitative estimate of drug-likeness (QED) is 0.323. The van der Waals surface area contributed by atoms with Crippen molar-refractivity contribution in [2.45, 2.75) is 39.1 Å². The summed E-state index contributed by atoms with van der Waals surface area (Å²) in [5.41, 5.74) is 9.57. The van der Waals surface area contributed by atoms with Gasteiger partial charge in [-0.05, 0) is 92.6 Å². The van der Waals surface area contributed by atoms with Gasteiger partial charge in [-0.15, -0.1) is 11.8 Å². The molecule has 0 aliphatic rings. The molecule has 3 aromatic carbocycles. The number of benzene rings is 3. The lowest BCUT2D eigenvalue weighted by Gasteiger charge is -2.16. The van der Waals surface area contributed by atoms with Crippen LogP contribution in [0.1, 0.15) is 29.2 Å². The first-order valence-corrected chi connectivity index (χ1v) is 11.8. The van der Waals surface area contributed by atoms with Crippen LogP contribution in [0.4, 0.5) is 11.6 Å². The summed E-state index contributed by atoms with van der Waals surface area (Å²) >= 11 is 1.75. The topological polar surface area (TPSA) is 29.9 Å². The number of nitrogens with zero attached hydrogens (tertiary/aromatic N) is 2. The van der Waals surface area contributed by atoms with Gasteiger partial charge in [-0.2, -0.15) is 0 Å². The van der Waals surface area contributed by atoms with E-state index in [2.05, 4.69) is 111 Å². The van der Waals surface area contributed by atoms with E-state index in [-0.39, 0.29) is 0 Å². The molecule has 1 heterocycles. The van der Waals surface area contributed by atoms with Crippen LogP contribution in [0.5, 0.6) is 0 Å². The monoisotopic (exact) mass is 427 g/mol. The third kappa shape index (κ3) is 4.54. The van der Waals surface area contributed by atoms with Gasteiger partial charge in [0.2, 0.25) is 5.95 Å². The summed E-state index contributed by atoms with van der Waals surface area (Å²) in [5.74, 6) is 0.863. The van der Waals surface area contributed by atoms with Gasteiger partial charge >= 0.3 is 0 Å². The van der Waals surface area contributed by atoms with Gasteiger partial charge in [0.15, 0.2) is 0 Å². The summed E-state index contributed by atoms with van der Waals surface area (Å²) in [6, 6.07) is 21.6. The summed E-state index contributed by atoms with van der Waals surface area (Å²) in [6.07, 6.45) is 4.31. The molecule has 3 nitrogen and oxygen atoms in total. The molecule has 0 saturated carbocycles. The summed E-state index contributed by atoms with van der Waals surface area (Å²) in [5, 5.41) is 3.56. The van der Waals surface area contributed by atoms with E-state index in [0.717, 1.165) is 29.2 Å². The molecule has 4 aromatic rings. The van der Waals surface area contributed by atoms with Crippen LogP contribution in [0, 0.1) is 20.8 Å². The molecular formula is C27H29N3S. The molecule has 0 aliphatic heterocycles. The number of aromatic nitrogens is 2. The Bertz CT molecular complexity index is 1250. The lowest BCUT2D eigenvalue weighted by atomic mass is 9.98. The van der Waals surface area contributed by atoms with E-state index in [0.29, 0.717) is 0 Å². The zero-order valence-corrected chi connectivity index (χ0v) is 19.7. The number of thioether (sulfide) groups is 1. The van der Waals surface area contributed by atoms with Gasteiger partial charge in [-0.1, -0.05) is 35.9 Å². The number of rotatable bonds is 6. The average molecular weight is 428 g/mol.